The summed E-state index contributed by atoms with van der Waals surface area (Å²) in [7, 11) is 1.06. The number of pyridine rings is 1. The number of hydrogen-bond acceptors (Lipinski definition) is 6. The normalized spacial score (nSPS) is 11.2. The molecule has 1 aromatic rings. The lowest BCUT2D eigenvalue weighted by Crippen LogP contribution is -2.19. The van der Waals surface area contributed by atoms with Crippen LogP contribution in [0.5, 0.6) is 11.6 Å². The molecule has 1 heterocycles. The van der Waals surface area contributed by atoms with Gasteiger partial charge in [0.05, 0.1) is 24.7 Å². The van der Waals surface area contributed by atoms with Crippen molar-refractivity contribution in [1.29, 1.82) is 0 Å². The summed E-state index contributed by atoms with van der Waals surface area (Å²) in [5.41, 5.74) is -1.32. The summed E-state index contributed by atoms with van der Waals surface area (Å²) in [4.78, 5) is 13.0. The molecule has 1 N–H and O–H groups in total. The van der Waals surface area contributed by atoms with Gasteiger partial charge in [-0.25, -0.2) is 4.98 Å². The Bertz CT molecular complexity index is 463. The second kappa shape index (κ2) is 5.04. The quantitative estimate of drug-likeness (QED) is 0.655. The van der Waals surface area contributed by atoms with Crippen LogP contribution in [0.3, 0.4) is 0 Å². The lowest BCUT2D eigenvalue weighted by Gasteiger charge is -2.12. The molecule has 100 valence electrons. The van der Waals surface area contributed by atoms with Crippen LogP contribution in [0.1, 0.15) is 5.69 Å². The maximum Gasteiger partial charge on any atom is 0.573 e. The average molecular weight is 268 g/mol. The zero-order valence-electron chi connectivity index (χ0n) is 8.89. The highest BCUT2D eigenvalue weighted by Crippen LogP contribution is 2.34. The highest BCUT2D eigenvalue weighted by Gasteiger charge is 2.34. The van der Waals surface area contributed by atoms with Crippen molar-refractivity contribution in [2.24, 2.45) is 0 Å². The molecule has 0 saturated heterocycles. The fraction of sp³-hybridized carbons (Fsp3) is 0.375. The van der Waals surface area contributed by atoms with Gasteiger partial charge in [-0.05, 0) is 0 Å². The van der Waals surface area contributed by atoms with Crippen LogP contribution in [0.25, 0.3) is 0 Å². The highest BCUT2D eigenvalue weighted by atomic mass is 19.4. The standard InChI is InChI=1S/C8H7F3N2O5/c1-17-7-5(13(15)16)2-6(4(3-14)12-7)18-8(9,10)11/h2,14H,3H2,1H3. The zero-order valence-corrected chi connectivity index (χ0v) is 8.89. The molecule has 10 heteroatoms. The molecular formula is C8H7F3N2O5. The summed E-state index contributed by atoms with van der Waals surface area (Å²) >= 11 is 0. The first-order valence-electron chi connectivity index (χ1n) is 4.37. The molecule has 0 saturated carbocycles. The van der Waals surface area contributed by atoms with Crippen molar-refractivity contribution in [2.45, 2.75) is 13.0 Å². The monoisotopic (exact) mass is 268 g/mol. The van der Waals surface area contributed by atoms with Crippen LogP contribution in [0.15, 0.2) is 6.07 Å². The molecule has 18 heavy (non-hydrogen) atoms. The summed E-state index contributed by atoms with van der Waals surface area (Å²) in [5, 5.41) is 19.4. The summed E-state index contributed by atoms with van der Waals surface area (Å²) in [5.74, 6) is -1.46. The van der Waals surface area contributed by atoms with Gasteiger partial charge in [-0.3, -0.25) is 10.1 Å². The fourth-order valence-corrected chi connectivity index (χ4v) is 1.11. The van der Waals surface area contributed by atoms with Crippen molar-refractivity contribution in [3.63, 3.8) is 0 Å². The van der Waals surface area contributed by atoms with Gasteiger partial charge in [0.25, 0.3) is 5.88 Å². The van der Waals surface area contributed by atoms with E-state index in [0.29, 0.717) is 6.07 Å². The van der Waals surface area contributed by atoms with Crippen LogP contribution >= 0.6 is 0 Å². The largest absolute Gasteiger partial charge is 0.573 e. The molecule has 0 fully saturated rings. The molecule has 0 aliphatic heterocycles. The van der Waals surface area contributed by atoms with E-state index in [9.17, 15) is 23.3 Å². The molecule has 0 radical (unpaired) electrons. The van der Waals surface area contributed by atoms with Gasteiger partial charge in [-0.2, -0.15) is 0 Å². The Morgan fingerprint density at radius 1 is 1.56 bits per heavy atom. The first kappa shape index (κ1) is 14.0. The number of aromatic nitrogens is 1. The van der Waals surface area contributed by atoms with E-state index >= 15 is 0 Å². The van der Waals surface area contributed by atoms with Gasteiger partial charge in [0.1, 0.15) is 5.69 Å². The Labute approximate surface area is 97.9 Å². The van der Waals surface area contributed by atoms with E-state index in [1.165, 1.54) is 0 Å². The van der Waals surface area contributed by atoms with Crippen LogP contribution in [0.2, 0.25) is 0 Å². The molecule has 0 bridgehead atoms. The van der Waals surface area contributed by atoms with Crippen molar-refractivity contribution in [1.82, 2.24) is 4.98 Å². The van der Waals surface area contributed by atoms with Crippen LogP contribution < -0.4 is 9.47 Å². The molecule has 0 aliphatic carbocycles. The Morgan fingerprint density at radius 2 is 2.17 bits per heavy atom. The number of hydrogen-bond donors (Lipinski definition) is 1. The predicted octanol–water partition coefficient (Wildman–Crippen LogP) is 1.39. The Hall–Kier alpha value is -2.10. The SMILES string of the molecule is COc1nc(CO)c(OC(F)(F)F)cc1[N+](=O)[O-]. The van der Waals surface area contributed by atoms with Gasteiger partial charge in [-0.1, -0.05) is 0 Å². The molecule has 1 rings (SSSR count). The summed E-state index contributed by atoms with van der Waals surface area (Å²) in [6.07, 6.45) is -5.05. The van der Waals surface area contributed by atoms with Crippen LogP contribution in [0, 0.1) is 10.1 Å². The van der Waals surface area contributed by atoms with Crippen molar-refractivity contribution < 1.29 is 32.7 Å². The van der Waals surface area contributed by atoms with Gasteiger partial charge in [0.2, 0.25) is 0 Å². The smallest absolute Gasteiger partial charge is 0.476 e. The highest BCUT2D eigenvalue weighted by molar-refractivity contribution is 5.48. The zero-order chi connectivity index (χ0) is 13.9. The second-order valence-corrected chi connectivity index (χ2v) is 2.92. The van der Waals surface area contributed by atoms with E-state index in [-0.39, 0.29) is 0 Å². The molecule has 0 aromatic carbocycles. The topological polar surface area (TPSA) is 94.7 Å². The van der Waals surface area contributed by atoms with Crippen molar-refractivity contribution in [2.75, 3.05) is 7.11 Å². The van der Waals surface area contributed by atoms with Crippen molar-refractivity contribution >= 4 is 5.69 Å². The van der Waals surface area contributed by atoms with Gasteiger partial charge in [-0.15, -0.1) is 13.2 Å². The maximum atomic E-state index is 12.0. The lowest BCUT2D eigenvalue weighted by molar-refractivity contribution is -0.386. The van der Waals surface area contributed by atoms with E-state index in [1.54, 1.807) is 0 Å². The van der Waals surface area contributed by atoms with Crippen molar-refractivity contribution in [3.8, 4) is 11.6 Å². The van der Waals surface area contributed by atoms with Gasteiger partial charge < -0.3 is 14.6 Å². The minimum absolute atomic E-state index is 0.491. The Kier molecular flexibility index (Phi) is 3.91. The predicted molar refractivity (Wildman–Crippen MR) is 50.0 cm³/mol. The van der Waals surface area contributed by atoms with E-state index in [0.717, 1.165) is 7.11 Å². The molecule has 1 aromatic heterocycles. The van der Waals surface area contributed by atoms with Gasteiger partial charge >= 0.3 is 12.0 Å². The van der Waals surface area contributed by atoms with E-state index < -0.39 is 40.9 Å². The minimum atomic E-state index is -5.05. The molecule has 0 aliphatic rings. The maximum absolute atomic E-state index is 12.0. The number of alkyl halides is 3. The summed E-state index contributed by atoms with van der Waals surface area (Å²) < 4.78 is 44.2. The second-order valence-electron chi connectivity index (χ2n) is 2.92. The molecule has 0 amide bonds. The van der Waals surface area contributed by atoms with E-state index in [2.05, 4.69) is 14.5 Å². The Balaban J connectivity index is 3.32. The van der Waals surface area contributed by atoms with Crippen molar-refractivity contribution in [3.05, 3.63) is 21.9 Å². The first-order valence-corrected chi connectivity index (χ1v) is 4.37. The minimum Gasteiger partial charge on any atom is -0.476 e. The van der Waals surface area contributed by atoms with E-state index in [4.69, 9.17) is 5.11 Å². The Morgan fingerprint density at radius 3 is 2.56 bits per heavy atom. The lowest BCUT2D eigenvalue weighted by atomic mass is 10.3. The summed E-state index contributed by atoms with van der Waals surface area (Å²) in [6, 6.07) is 0.491. The third-order valence-corrected chi connectivity index (χ3v) is 1.77. The number of nitro groups is 1. The van der Waals surface area contributed by atoms with Gasteiger partial charge in [0, 0.05) is 0 Å². The van der Waals surface area contributed by atoms with Gasteiger partial charge in [0.15, 0.2) is 5.75 Å². The fourth-order valence-electron chi connectivity index (χ4n) is 1.11. The van der Waals surface area contributed by atoms with E-state index in [1.807, 2.05) is 0 Å². The molecule has 7 nitrogen and oxygen atoms in total. The number of methoxy groups -OCH3 is 1. The molecule has 0 unspecified atom stereocenters. The third kappa shape index (κ3) is 3.20. The van der Waals surface area contributed by atoms with Crippen LogP contribution in [0.4, 0.5) is 18.9 Å². The number of rotatable bonds is 4. The number of nitrogens with zero attached hydrogens (tertiary/aromatic N) is 2. The van der Waals surface area contributed by atoms with Crippen LogP contribution in [-0.4, -0.2) is 28.5 Å². The third-order valence-electron chi connectivity index (χ3n) is 1.77. The molecular weight excluding hydrogens is 261 g/mol. The molecule has 0 atom stereocenters. The van der Waals surface area contributed by atoms with Crippen LogP contribution in [-0.2, 0) is 6.61 Å². The number of aliphatic hydroxyl groups is 1. The average Bonchev–Trinajstić information content (AvgIpc) is 2.26. The number of ether oxygens (including phenoxy) is 2. The molecule has 0 spiro atoms. The number of halogens is 3. The number of aliphatic hydroxyl groups excluding tert-OH is 1. The first-order chi connectivity index (χ1) is 8.28. The summed E-state index contributed by atoms with van der Waals surface area (Å²) in [6.45, 7) is -0.889.